The summed E-state index contributed by atoms with van der Waals surface area (Å²) in [5.74, 6) is 0.659. The van der Waals surface area contributed by atoms with Crippen LogP contribution in [0.15, 0.2) is 24.3 Å². The van der Waals surface area contributed by atoms with Crippen LogP contribution in [0.3, 0.4) is 0 Å². The van der Waals surface area contributed by atoms with E-state index >= 15 is 0 Å². The minimum Gasteiger partial charge on any atom is -0.382 e. The number of benzene rings is 1. The molecule has 0 aromatic heterocycles. The van der Waals surface area contributed by atoms with Crippen LogP contribution in [0, 0.1) is 0 Å². The van der Waals surface area contributed by atoms with Gasteiger partial charge in [-0.05, 0) is 55.7 Å². The van der Waals surface area contributed by atoms with Gasteiger partial charge in [-0.3, -0.25) is 0 Å². The Labute approximate surface area is 111 Å². The predicted octanol–water partition coefficient (Wildman–Crippen LogP) is 3.88. The van der Waals surface area contributed by atoms with Crippen molar-refractivity contribution in [2.75, 3.05) is 5.32 Å². The van der Waals surface area contributed by atoms with E-state index in [1.165, 1.54) is 30.5 Å². The summed E-state index contributed by atoms with van der Waals surface area (Å²) in [6, 6.07) is 9.98. The van der Waals surface area contributed by atoms with Gasteiger partial charge >= 0.3 is 0 Å². The lowest BCUT2D eigenvalue weighted by atomic mass is 9.91. The third-order valence-corrected chi connectivity index (χ3v) is 4.23. The first-order valence-electron chi connectivity index (χ1n) is 7.31. The molecule has 1 atom stereocenters. The van der Waals surface area contributed by atoms with Gasteiger partial charge < -0.3 is 11.1 Å². The average molecular weight is 246 g/mol. The van der Waals surface area contributed by atoms with E-state index in [4.69, 9.17) is 5.73 Å². The van der Waals surface area contributed by atoms with Crippen LogP contribution in [0.4, 0.5) is 5.69 Å². The van der Waals surface area contributed by atoms with Gasteiger partial charge in [-0.2, -0.15) is 0 Å². The molecule has 1 saturated carbocycles. The zero-order chi connectivity index (χ0) is 13.0. The highest BCUT2D eigenvalue weighted by Gasteiger charge is 2.18. The largest absolute Gasteiger partial charge is 0.382 e. The molecule has 1 aliphatic rings. The summed E-state index contributed by atoms with van der Waals surface area (Å²) in [5.41, 5.74) is 8.62. The fourth-order valence-electron chi connectivity index (χ4n) is 2.64. The summed E-state index contributed by atoms with van der Waals surface area (Å²) in [5, 5.41) is 3.63. The second-order valence-electron chi connectivity index (χ2n) is 5.69. The van der Waals surface area contributed by atoms with Gasteiger partial charge in [-0.25, -0.2) is 0 Å². The Hall–Kier alpha value is -1.02. The Morgan fingerprint density at radius 1 is 1.17 bits per heavy atom. The fourth-order valence-corrected chi connectivity index (χ4v) is 2.64. The van der Waals surface area contributed by atoms with Crippen LogP contribution in [0.2, 0.25) is 0 Å². The first-order chi connectivity index (χ1) is 8.69. The second-order valence-corrected chi connectivity index (χ2v) is 5.69. The Bertz CT molecular complexity index is 350. The van der Waals surface area contributed by atoms with Crippen LogP contribution in [0.1, 0.15) is 57.4 Å². The van der Waals surface area contributed by atoms with E-state index in [2.05, 4.69) is 43.4 Å². The fraction of sp³-hybridized carbons (Fsp3) is 0.625. The Morgan fingerprint density at radius 3 is 2.33 bits per heavy atom. The molecule has 18 heavy (non-hydrogen) atoms. The van der Waals surface area contributed by atoms with Crippen molar-refractivity contribution in [1.82, 2.24) is 0 Å². The molecule has 2 heteroatoms. The van der Waals surface area contributed by atoms with Crippen LogP contribution >= 0.6 is 0 Å². The SMILES string of the molecule is CCC(C)c1ccc(NC2CCC(N)CC2)cc1. The molecular formula is C16H26N2. The first-order valence-corrected chi connectivity index (χ1v) is 7.31. The third-order valence-electron chi connectivity index (χ3n) is 4.23. The van der Waals surface area contributed by atoms with E-state index in [0.717, 1.165) is 12.8 Å². The second kappa shape index (κ2) is 6.24. The lowest BCUT2D eigenvalue weighted by Gasteiger charge is -2.27. The zero-order valence-corrected chi connectivity index (χ0v) is 11.7. The molecule has 2 nitrogen and oxygen atoms in total. The number of hydrogen-bond acceptors (Lipinski definition) is 2. The van der Waals surface area contributed by atoms with Gasteiger partial charge in [-0.1, -0.05) is 26.0 Å². The number of hydrogen-bond donors (Lipinski definition) is 2. The highest BCUT2D eigenvalue weighted by molar-refractivity contribution is 5.46. The Balaban J connectivity index is 1.90. The van der Waals surface area contributed by atoms with Crippen LogP contribution < -0.4 is 11.1 Å². The van der Waals surface area contributed by atoms with Crippen LogP contribution in [-0.2, 0) is 0 Å². The number of rotatable bonds is 4. The molecule has 0 radical (unpaired) electrons. The van der Waals surface area contributed by atoms with E-state index in [9.17, 15) is 0 Å². The average Bonchev–Trinajstić information content (AvgIpc) is 2.41. The minimum absolute atomic E-state index is 0.427. The standard InChI is InChI=1S/C16H26N2/c1-3-12(2)13-4-8-15(9-5-13)18-16-10-6-14(17)7-11-16/h4-5,8-9,12,14,16,18H,3,6-7,10-11,17H2,1-2H3. The molecule has 1 aliphatic carbocycles. The third kappa shape index (κ3) is 3.49. The maximum atomic E-state index is 5.93. The van der Waals surface area contributed by atoms with E-state index < -0.39 is 0 Å². The lowest BCUT2D eigenvalue weighted by molar-refractivity contribution is 0.411. The van der Waals surface area contributed by atoms with Gasteiger partial charge in [0.1, 0.15) is 0 Å². The predicted molar refractivity (Wildman–Crippen MR) is 79.0 cm³/mol. The molecule has 1 fully saturated rings. The van der Waals surface area contributed by atoms with E-state index in [1.54, 1.807) is 0 Å². The maximum absolute atomic E-state index is 5.93. The lowest BCUT2D eigenvalue weighted by Crippen LogP contribution is -2.32. The molecule has 0 bridgehead atoms. The van der Waals surface area contributed by atoms with Gasteiger partial charge in [0.05, 0.1) is 0 Å². The molecule has 0 spiro atoms. The van der Waals surface area contributed by atoms with Crippen molar-refractivity contribution in [3.8, 4) is 0 Å². The van der Waals surface area contributed by atoms with E-state index in [-0.39, 0.29) is 0 Å². The van der Waals surface area contributed by atoms with Crippen molar-refractivity contribution in [3.63, 3.8) is 0 Å². The quantitative estimate of drug-likeness (QED) is 0.846. The van der Waals surface area contributed by atoms with Crippen molar-refractivity contribution < 1.29 is 0 Å². The first kappa shape index (κ1) is 13.4. The van der Waals surface area contributed by atoms with Crippen LogP contribution in [0.5, 0.6) is 0 Å². The highest BCUT2D eigenvalue weighted by Crippen LogP contribution is 2.24. The van der Waals surface area contributed by atoms with E-state index in [1.807, 2.05) is 0 Å². The molecule has 0 aliphatic heterocycles. The van der Waals surface area contributed by atoms with Gasteiger partial charge in [0, 0.05) is 17.8 Å². The molecule has 3 N–H and O–H groups in total. The Morgan fingerprint density at radius 2 is 1.78 bits per heavy atom. The van der Waals surface area contributed by atoms with Gasteiger partial charge in [-0.15, -0.1) is 0 Å². The molecule has 0 saturated heterocycles. The zero-order valence-electron chi connectivity index (χ0n) is 11.7. The summed E-state index contributed by atoms with van der Waals surface area (Å²) in [6.07, 6.45) is 5.92. The smallest absolute Gasteiger partial charge is 0.0342 e. The molecular weight excluding hydrogens is 220 g/mol. The van der Waals surface area contributed by atoms with Gasteiger partial charge in [0.2, 0.25) is 0 Å². The topological polar surface area (TPSA) is 38.0 Å². The maximum Gasteiger partial charge on any atom is 0.0342 e. The number of anilines is 1. The molecule has 1 aromatic rings. The summed E-state index contributed by atoms with van der Waals surface area (Å²) < 4.78 is 0. The molecule has 0 amide bonds. The number of nitrogens with two attached hydrogens (primary N) is 1. The Kier molecular flexibility index (Phi) is 4.65. The molecule has 1 unspecified atom stereocenters. The minimum atomic E-state index is 0.427. The van der Waals surface area contributed by atoms with E-state index in [0.29, 0.717) is 18.0 Å². The van der Waals surface area contributed by atoms with Crippen molar-refractivity contribution in [2.24, 2.45) is 5.73 Å². The molecule has 1 aromatic carbocycles. The molecule has 0 heterocycles. The van der Waals surface area contributed by atoms with Crippen molar-refractivity contribution in [3.05, 3.63) is 29.8 Å². The van der Waals surface area contributed by atoms with Crippen LogP contribution in [-0.4, -0.2) is 12.1 Å². The van der Waals surface area contributed by atoms with Gasteiger partial charge in [0.15, 0.2) is 0 Å². The summed E-state index contributed by atoms with van der Waals surface area (Å²) in [7, 11) is 0. The van der Waals surface area contributed by atoms with Crippen molar-refractivity contribution in [1.29, 1.82) is 0 Å². The highest BCUT2D eigenvalue weighted by atomic mass is 14.9. The monoisotopic (exact) mass is 246 g/mol. The molecule has 100 valence electrons. The summed E-state index contributed by atoms with van der Waals surface area (Å²) >= 11 is 0. The summed E-state index contributed by atoms with van der Waals surface area (Å²) in [4.78, 5) is 0. The van der Waals surface area contributed by atoms with Gasteiger partial charge in [0.25, 0.3) is 0 Å². The van der Waals surface area contributed by atoms with Crippen molar-refractivity contribution in [2.45, 2.75) is 64.0 Å². The normalized spacial score (nSPS) is 25.7. The van der Waals surface area contributed by atoms with Crippen LogP contribution in [0.25, 0.3) is 0 Å². The van der Waals surface area contributed by atoms with Crippen molar-refractivity contribution >= 4 is 5.69 Å². The molecule has 2 rings (SSSR count). The summed E-state index contributed by atoms with van der Waals surface area (Å²) in [6.45, 7) is 4.52. The number of nitrogens with one attached hydrogen (secondary N) is 1.